The molecule has 0 aromatic heterocycles. The lowest BCUT2D eigenvalue weighted by Gasteiger charge is -2.12. The van der Waals surface area contributed by atoms with Gasteiger partial charge in [0.1, 0.15) is 0 Å². The van der Waals surface area contributed by atoms with Gasteiger partial charge < -0.3 is 29.6 Å². The number of fused-ring (bicyclic) bond motifs is 2. The molecule has 42 heavy (non-hydrogen) atoms. The minimum Gasteiger partial charge on any atom is -0.454 e. The highest BCUT2D eigenvalue weighted by atomic mass is 16.7. The van der Waals surface area contributed by atoms with Crippen LogP contribution in [0.3, 0.4) is 0 Å². The van der Waals surface area contributed by atoms with E-state index < -0.39 is 0 Å². The van der Waals surface area contributed by atoms with Gasteiger partial charge in [0.05, 0.1) is 0 Å². The van der Waals surface area contributed by atoms with Crippen LogP contribution in [0.25, 0.3) is 23.3 Å². The third-order valence-electron chi connectivity index (χ3n) is 6.95. The van der Waals surface area contributed by atoms with E-state index in [0.717, 1.165) is 44.8 Å². The zero-order chi connectivity index (χ0) is 29.1. The van der Waals surface area contributed by atoms with Crippen molar-refractivity contribution in [3.63, 3.8) is 0 Å². The van der Waals surface area contributed by atoms with Gasteiger partial charge in [-0.3, -0.25) is 9.59 Å². The number of carbonyl (C=O) groups excluding carboxylic acids is 2. The number of anilines is 2. The Labute approximate surface area is 243 Å². The number of ether oxygens (including phenoxy) is 4. The molecule has 2 aliphatic rings. The molecule has 0 atom stereocenters. The maximum Gasteiger partial charge on any atom is 0.248 e. The lowest BCUT2D eigenvalue weighted by atomic mass is 10.00. The Kier molecular flexibility index (Phi) is 7.34. The Morgan fingerprint density at radius 3 is 1.43 bits per heavy atom. The molecule has 0 fully saturated rings. The van der Waals surface area contributed by atoms with Crippen molar-refractivity contribution in [2.24, 2.45) is 0 Å². The number of hydrogen-bond acceptors (Lipinski definition) is 6. The van der Waals surface area contributed by atoms with E-state index in [9.17, 15) is 9.59 Å². The van der Waals surface area contributed by atoms with Gasteiger partial charge in [-0.05, 0) is 108 Å². The molecule has 0 unspecified atom stereocenters. The first-order valence-corrected chi connectivity index (χ1v) is 13.4. The van der Waals surface area contributed by atoms with Gasteiger partial charge in [-0.25, -0.2) is 0 Å². The van der Waals surface area contributed by atoms with E-state index in [-0.39, 0.29) is 25.4 Å². The second kappa shape index (κ2) is 11.5. The van der Waals surface area contributed by atoms with Crippen molar-refractivity contribution in [1.82, 2.24) is 0 Å². The van der Waals surface area contributed by atoms with Crippen LogP contribution < -0.4 is 29.6 Å². The SMILES string of the molecule is Cc1cc(-c2ccc(NC(=O)/C=C/c3ccc4c(c3)OCO4)c(C)c2)ccc1NC(=O)/C=C/c1ccc2c(c1)OCO2. The van der Waals surface area contributed by atoms with E-state index in [4.69, 9.17) is 18.9 Å². The molecule has 0 aliphatic carbocycles. The Hall–Kier alpha value is -5.50. The maximum atomic E-state index is 12.6. The molecule has 0 spiro atoms. The third kappa shape index (κ3) is 5.97. The normalized spacial score (nSPS) is 13.1. The smallest absolute Gasteiger partial charge is 0.248 e. The minimum absolute atomic E-state index is 0.209. The summed E-state index contributed by atoms with van der Waals surface area (Å²) in [6.07, 6.45) is 6.45. The standard InChI is InChI=1S/C34H28N2O6/c1-21-15-25(7-9-27(21)35-33(37)13-5-23-3-11-29-31(17-23)41-19-39-29)26-8-10-28(22(2)16-26)36-34(38)14-6-24-4-12-30-32(18-24)42-20-40-30/h3-18H,19-20H2,1-2H3,(H,35,37)(H,36,38)/b13-5+,14-6+. The van der Waals surface area contributed by atoms with Crippen molar-refractivity contribution in [2.75, 3.05) is 24.2 Å². The van der Waals surface area contributed by atoms with Crippen molar-refractivity contribution in [1.29, 1.82) is 0 Å². The molecule has 210 valence electrons. The van der Waals surface area contributed by atoms with Crippen LogP contribution in [-0.4, -0.2) is 25.4 Å². The van der Waals surface area contributed by atoms with E-state index in [2.05, 4.69) is 10.6 Å². The quantitative estimate of drug-likeness (QED) is 0.243. The van der Waals surface area contributed by atoms with Crippen molar-refractivity contribution in [3.8, 4) is 34.1 Å². The molecular formula is C34H28N2O6. The van der Waals surface area contributed by atoms with Gasteiger partial charge in [0.25, 0.3) is 0 Å². The second-order valence-corrected chi connectivity index (χ2v) is 9.93. The van der Waals surface area contributed by atoms with E-state index in [0.29, 0.717) is 23.0 Å². The fraction of sp³-hybridized carbons (Fsp3) is 0.118. The van der Waals surface area contributed by atoms with Gasteiger partial charge in [-0.15, -0.1) is 0 Å². The Balaban J connectivity index is 1.07. The van der Waals surface area contributed by atoms with E-state index in [1.54, 1.807) is 12.2 Å². The molecule has 2 aliphatic heterocycles. The van der Waals surface area contributed by atoms with E-state index in [1.807, 2.05) is 86.6 Å². The molecule has 2 amide bonds. The number of hydrogen-bond donors (Lipinski definition) is 2. The zero-order valence-electron chi connectivity index (χ0n) is 23.1. The van der Waals surface area contributed by atoms with Crippen molar-refractivity contribution in [2.45, 2.75) is 13.8 Å². The molecule has 4 aromatic carbocycles. The molecule has 0 bridgehead atoms. The van der Waals surface area contributed by atoms with Crippen molar-refractivity contribution >= 4 is 35.3 Å². The number of carbonyl (C=O) groups is 2. The van der Waals surface area contributed by atoms with Crippen molar-refractivity contribution in [3.05, 3.63) is 107 Å². The molecule has 6 rings (SSSR count). The highest BCUT2D eigenvalue weighted by molar-refractivity contribution is 6.03. The monoisotopic (exact) mass is 560 g/mol. The van der Waals surface area contributed by atoms with E-state index in [1.165, 1.54) is 12.2 Å². The third-order valence-corrected chi connectivity index (χ3v) is 6.95. The van der Waals surface area contributed by atoms with Crippen LogP contribution in [-0.2, 0) is 9.59 Å². The number of aryl methyl sites for hydroxylation is 2. The Morgan fingerprint density at radius 1 is 0.571 bits per heavy atom. The number of rotatable bonds is 7. The molecule has 0 saturated carbocycles. The first-order chi connectivity index (χ1) is 20.4. The highest BCUT2D eigenvalue weighted by Gasteiger charge is 2.14. The zero-order valence-corrected chi connectivity index (χ0v) is 23.1. The number of amides is 2. The predicted molar refractivity (Wildman–Crippen MR) is 162 cm³/mol. The minimum atomic E-state index is -0.230. The first-order valence-electron chi connectivity index (χ1n) is 13.4. The van der Waals surface area contributed by atoms with Gasteiger partial charge in [0, 0.05) is 23.5 Å². The largest absolute Gasteiger partial charge is 0.454 e. The first kappa shape index (κ1) is 26.7. The summed E-state index contributed by atoms with van der Waals surface area (Å²) in [6, 6.07) is 22.8. The molecule has 8 nitrogen and oxygen atoms in total. The Bertz CT molecular complexity index is 1630. The summed E-state index contributed by atoms with van der Waals surface area (Å²) in [7, 11) is 0. The van der Waals surface area contributed by atoms with Crippen molar-refractivity contribution < 1.29 is 28.5 Å². The summed E-state index contributed by atoms with van der Waals surface area (Å²) < 4.78 is 21.4. The van der Waals surface area contributed by atoms with Crippen LogP contribution in [0.1, 0.15) is 22.3 Å². The fourth-order valence-corrected chi connectivity index (χ4v) is 4.69. The summed E-state index contributed by atoms with van der Waals surface area (Å²) in [5.41, 5.74) is 7.02. The predicted octanol–water partition coefficient (Wildman–Crippen LogP) is 6.73. The van der Waals surface area contributed by atoms with E-state index >= 15 is 0 Å². The van der Waals surface area contributed by atoms with Crippen LogP contribution in [0, 0.1) is 13.8 Å². The molecule has 0 radical (unpaired) electrons. The molecule has 2 heterocycles. The average molecular weight is 561 g/mol. The molecule has 0 saturated heterocycles. The average Bonchev–Trinajstić information content (AvgIpc) is 3.66. The maximum absolute atomic E-state index is 12.6. The van der Waals surface area contributed by atoms with Crippen LogP contribution in [0.15, 0.2) is 84.9 Å². The molecular weight excluding hydrogens is 532 g/mol. The summed E-state index contributed by atoms with van der Waals surface area (Å²) in [5.74, 6) is 2.29. The molecule has 2 N–H and O–H groups in total. The summed E-state index contributed by atoms with van der Waals surface area (Å²) in [6.45, 7) is 4.32. The van der Waals surface area contributed by atoms with Gasteiger partial charge in [0.2, 0.25) is 25.4 Å². The lowest BCUT2D eigenvalue weighted by molar-refractivity contribution is -0.112. The highest BCUT2D eigenvalue weighted by Crippen LogP contribution is 2.34. The second-order valence-electron chi connectivity index (χ2n) is 9.93. The van der Waals surface area contributed by atoms with Gasteiger partial charge in [-0.2, -0.15) is 0 Å². The Morgan fingerprint density at radius 2 is 1.00 bits per heavy atom. The van der Waals surface area contributed by atoms with Gasteiger partial charge >= 0.3 is 0 Å². The van der Waals surface area contributed by atoms with Crippen LogP contribution >= 0.6 is 0 Å². The van der Waals surface area contributed by atoms with Crippen LogP contribution in [0.5, 0.6) is 23.0 Å². The number of benzene rings is 4. The molecule has 8 heteroatoms. The fourth-order valence-electron chi connectivity index (χ4n) is 4.69. The van der Waals surface area contributed by atoms with Gasteiger partial charge in [-0.1, -0.05) is 24.3 Å². The lowest BCUT2D eigenvalue weighted by Crippen LogP contribution is -2.09. The van der Waals surface area contributed by atoms with Crippen LogP contribution in [0.4, 0.5) is 11.4 Å². The summed E-state index contributed by atoms with van der Waals surface area (Å²) in [4.78, 5) is 25.1. The molecule has 4 aromatic rings. The van der Waals surface area contributed by atoms with Gasteiger partial charge in [0.15, 0.2) is 23.0 Å². The number of nitrogens with one attached hydrogen (secondary N) is 2. The summed E-state index contributed by atoms with van der Waals surface area (Å²) in [5, 5.41) is 5.88. The van der Waals surface area contributed by atoms with Crippen LogP contribution in [0.2, 0.25) is 0 Å². The topological polar surface area (TPSA) is 95.1 Å². The summed E-state index contributed by atoms with van der Waals surface area (Å²) >= 11 is 0.